The van der Waals surface area contributed by atoms with Crippen molar-refractivity contribution in [1.82, 2.24) is 4.98 Å². The highest BCUT2D eigenvalue weighted by molar-refractivity contribution is 6.35. The van der Waals surface area contributed by atoms with E-state index in [1.807, 2.05) is 49.4 Å². The van der Waals surface area contributed by atoms with Crippen molar-refractivity contribution >= 4 is 22.5 Å². The van der Waals surface area contributed by atoms with E-state index in [9.17, 15) is 0 Å². The molecule has 0 saturated heterocycles. The Kier molecular flexibility index (Phi) is 3.33. The third-order valence-corrected chi connectivity index (χ3v) is 3.67. The molecule has 1 aromatic heterocycles. The van der Waals surface area contributed by atoms with E-state index in [4.69, 9.17) is 16.3 Å². The smallest absolute Gasteiger partial charge is 0.121 e. The molecular weight excluding hydrogens is 270 g/mol. The highest BCUT2D eigenvalue weighted by atomic mass is 35.5. The van der Waals surface area contributed by atoms with Crippen molar-refractivity contribution < 1.29 is 4.74 Å². The number of ether oxygens (including phenoxy) is 1. The van der Waals surface area contributed by atoms with Gasteiger partial charge in [0.25, 0.3) is 0 Å². The van der Waals surface area contributed by atoms with Crippen LogP contribution in [0.3, 0.4) is 0 Å². The molecule has 0 bridgehead atoms. The third kappa shape index (κ3) is 2.23. The van der Waals surface area contributed by atoms with Crippen molar-refractivity contribution in [3.05, 3.63) is 59.1 Å². The standard InChI is InChI=1S/C17H14ClNO/c1-11-9-12(7-8-17(11)20-2)16-10-14(18)13-5-3-4-6-15(13)19-16/h3-10H,1-2H3. The number of rotatable bonds is 2. The molecular formula is C17H14ClNO. The quantitative estimate of drug-likeness (QED) is 0.669. The number of hydrogen-bond donors (Lipinski definition) is 0. The summed E-state index contributed by atoms with van der Waals surface area (Å²) in [6.07, 6.45) is 0. The molecule has 0 aliphatic heterocycles. The Morgan fingerprint density at radius 3 is 2.60 bits per heavy atom. The Balaban J connectivity index is 2.17. The largest absolute Gasteiger partial charge is 0.496 e. The molecule has 0 saturated carbocycles. The fraction of sp³-hybridized carbons (Fsp3) is 0.118. The van der Waals surface area contributed by atoms with Gasteiger partial charge in [0.2, 0.25) is 0 Å². The van der Waals surface area contributed by atoms with Crippen molar-refractivity contribution in [2.45, 2.75) is 6.92 Å². The second-order valence-electron chi connectivity index (χ2n) is 4.69. The molecule has 3 heteroatoms. The molecule has 0 N–H and O–H groups in total. The van der Waals surface area contributed by atoms with Crippen LogP contribution in [0, 0.1) is 6.92 Å². The van der Waals surface area contributed by atoms with Gasteiger partial charge in [-0.3, -0.25) is 0 Å². The van der Waals surface area contributed by atoms with E-state index < -0.39 is 0 Å². The summed E-state index contributed by atoms with van der Waals surface area (Å²) in [7, 11) is 1.67. The van der Waals surface area contributed by atoms with Gasteiger partial charge in [0.05, 0.1) is 23.3 Å². The molecule has 1 heterocycles. The number of halogens is 1. The summed E-state index contributed by atoms with van der Waals surface area (Å²) in [6, 6.07) is 15.8. The Bertz CT molecular complexity index is 783. The van der Waals surface area contributed by atoms with Crippen LogP contribution in [-0.4, -0.2) is 12.1 Å². The van der Waals surface area contributed by atoms with Crippen molar-refractivity contribution in [1.29, 1.82) is 0 Å². The predicted octanol–water partition coefficient (Wildman–Crippen LogP) is 4.87. The van der Waals surface area contributed by atoms with Gasteiger partial charge in [-0.05, 0) is 42.8 Å². The van der Waals surface area contributed by atoms with E-state index in [0.717, 1.165) is 38.5 Å². The molecule has 20 heavy (non-hydrogen) atoms. The molecule has 0 atom stereocenters. The lowest BCUT2D eigenvalue weighted by Gasteiger charge is -2.09. The zero-order valence-electron chi connectivity index (χ0n) is 11.4. The minimum atomic E-state index is 0.721. The maximum absolute atomic E-state index is 6.35. The fourth-order valence-corrected chi connectivity index (χ4v) is 2.58. The maximum Gasteiger partial charge on any atom is 0.121 e. The first-order chi connectivity index (χ1) is 9.69. The topological polar surface area (TPSA) is 22.1 Å². The summed E-state index contributed by atoms with van der Waals surface area (Å²) in [6.45, 7) is 2.02. The highest BCUT2D eigenvalue weighted by Crippen LogP contribution is 2.30. The van der Waals surface area contributed by atoms with Gasteiger partial charge < -0.3 is 4.74 Å². The van der Waals surface area contributed by atoms with Crippen LogP contribution in [0.5, 0.6) is 5.75 Å². The lowest BCUT2D eigenvalue weighted by atomic mass is 10.1. The van der Waals surface area contributed by atoms with E-state index in [2.05, 4.69) is 11.1 Å². The molecule has 100 valence electrons. The average Bonchev–Trinajstić information content (AvgIpc) is 2.47. The van der Waals surface area contributed by atoms with E-state index in [1.54, 1.807) is 7.11 Å². The van der Waals surface area contributed by atoms with Crippen LogP contribution in [0.1, 0.15) is 5.56 Å². The lowest BCUT2D eigenvalue weighted by molar-refractivity contribution is 0.412. The molecule has 3 aromatic rings. The van der Waals surface area contributed by atoms with Gasteiger partial charge in [-0.2, -0.15) is 0 Å². The first-order valence-electron chi connectivity index (χ1n) is 6.39. The minimum Gasteiger partial charge on any atom is -0.496 e. The summed E-state index contributed by atoms with van der Waals surface area (Å²) < 4.78 is 5.28. The number of fused-ring (bicyclic) bond motifs is 1. The monoisotopic (exact) mass is 283 g/mol. The Hall–Kier alpha value is -2.06. The van der Waals surface area contributed by atoms with Gasteiger partial charge in [0.15, 0.2) is 0 Å². The van der Waals surface area contributed by atoms with E-state index in [0.29, 0.717) is 0 Å². The average molecular weight is 284 g/mol. The molecule has 0 amide bonds. The van der Waals surface area contributed by atoms with Crippen molar-refractivity contribution in [2.24, 2.45) is 0 Å². The van der Waals surface area contributed by atoms with E-state index in [-0.39, 0.29) is 0 Å². The Morgan fingerprint density at radius 1 is 1.05 bits per heavy atom. The number of pyridine rings is 1. The van der Waals surface area contributed by atoms with Gasteiger partial charge in [0, 0.05) is 10.9 Å². The van der Waals surface area contributed by atoms with E-state index in [1.165, 1.54) is 0 Å². The van der Waals surface area contributed by atoms with Crippen LogP contribution in [0.25, 0.3) is 22.2 Å². The molecule has 2 aromatic carbocycles. The maximum atomic E-state index is 6.35. The molecule has 3 rings (SSSR count). The van der Waals surface area contributed by atoms with Crippen LogP contribution in [-0.2, 0) is 0 Å². The number of para-hydroxylation sites is 1. The zero-order chi connectivity index (χ0) is 14.1. The van der Waals surface area contributed by atoms with Crippen molar-refractivity contribution in [3.8, 4) is 17.0 Å². The third-order valence-electron chi connectivity index (χ3n) is 3.36. The summed E-state index contributed by atoms with van der Waals surface area (Å²) in [5, 5.41) is 1.70. The summed E-state index contributed by atoms with van der Waals surface area (Å²) >= 11 is 6.35. The highest BCUT2D eigenvalue weighted by Gasteiger charge is 2.07. The van der Waals surface area contributed by atoms with Gasteiger partial charge in [-0.15, -0.1) is 0 Å². The SMILES string of the molecule is COc1ccc(-c2cc(Cl)c3ccccc3n2)cc1C. The van der Waals surface area contributed by atoms with Crippen LogP contribution in [0.4, 0.5) is 0 Å². The minimum absolute atomic E-state index is 0.721. The fourth-order valence-electron chi connectivity index (χ4n) is 2.32. The van der Waals surface area contributed by atoms with Crippen LogP contribution >= 0.6 is 11.6 Å². The molecule has 0 unspecified atom stereocenters. The number of benzene rings is 2. The second kappa shape index (κ2) is 5.14. The number of aromatic nitrogens is 1. The normalized spacial score (nSPS) is 10.8. The van der Waals surface area contributed by atoms with E-state index >= 15 is 0 Å². The van der Waals surface area contributed by atoms with Crippen molar-refractivity contribution in [3.63, 3.8) is 0 Å². The number of aryl methyl sites for hydroxylation is 1. The van der Waals surface area contributed by atoms with Gasteiger partial charge in [0.1, 0.15) is 5.75 Å². The molecule has 2 nitrogen and oxygen atoms in total. The molecule has 0 spiro atoms. The molecule has 0 aliphatic carbocycles. The summed E-state index contributed by atoms with van der Waals surface area (Å²) in [5.41, 5.74) is 3.90. The van der Waals surface area contributed by atoms with Crippen LogP contribution < -0.4 is 4.74 Å². The Morgan fingerprint density at radius 2 is 1.85 bits per heavy atom. The first kappa shape index (κ1) is 12.9. The van der Waals surface area contributed by atoms with Crippen LogP contribution in [0.2, 0.25) is 5.02 Å². The Labute approximate surface area is 123 Å². The number of nitrogens with zero attached hydrogens (tertiary/aromatic N) is 1. The van der Waals surface area contributed by atoms with Crippen LogP contribution in [0.15, 0.2) is 48.5 Å². The number of hydrogen-bond acceptors (Lipinski definition) is 2. The van der Waals surface area contributed by atoms with Gasteiger partial charge in [-0.25, -0.2) is 4.98 Å². The molecule has 0 fully saturated rings. The molecule has 0 radical (unpaired) electrons. The van der Waals surface area contributed by atoms with Gasteiger partial charge in [-0.1, -0.05) is 29.8 Å². The predicted molar refractivity (Wildman–Crippen MR) is 83.5 cm³/mol. The summed E-state index contributed by atoms with van der Waals surface area (Å²) in [4.78, 5) is 4.68. The lowest BCUT2D eigenvalue weighted by Crippen LogP contribution is -1.90. The van der Waals surface area contributed by atoms with Gasteiger partial charge >= 0.3 is 0 Å². The van der Waals surface area contributed by atoms with Crippen molar-refractivity contribution in [2.75, 3.05) is 7.11 Å². The molecule has 0 aliphatic rings. The summed E-state index contributed by atoms with van der Waals surface area (Å²) in [5.74, 6) is 0.876. The second-order valence-corrected chi connectivity index (χ2v) is 5.10. The first-order valence-corrected chi connectivity index (χ1v) is 6.77. The number of methoxy groups -OCH3 is 1. The zero-order valence-corrected chi connectivity index (χ0v) is 12.1.